The fraction of sp³-hybridized carbons (Fsp3) is 0.417. The predicted octanol–water partition coefficient (Wildman–Crippen LogP) is 1.90. The van der Waals surface area contributed by atoms with Crippen LogP contribution in [0.5, 0.6) is 0 Å². The van der Waals surface area contributed by atoms with Crippen molar-refractivity contribution >= 4 is 34.0 Å². The summed E-state index contributed by atoms with van der Waals surface area (Å²) in [6, 6.07) is 4.95. The van der Waals surface area contributed by atoms with E-state index in [1.807, 2.05) is 0 Å². The van der Waals surface area contributed by atoms with Crippen molar-refractivity contribution < 1.29 is 9.00 Å². The van der Waals surface area contributed by atoms with Crippen LogP contribution in [-0.4, -0.2) is 34.9 Å². The van der Waals surface area contributed by atoms with E-state index in [2.05, 4.69) is 0 Å². The molecule has 2 N–H and O–H groups in total. The third kappa shape index (κ3) is 4.31. The Balaban J connectivity index is 2.50. The van der Waals surface area contributed by atoms with Gasteiger partial charge in [0.25, 0.3) is 0 Å². The molecule has 1 aromatic rings. The number of nitrogens with zero attached hydrogens (tertiary/aromatic N) is 1. The van der Waals surface area contributed by atoms with E-state index < -0.39 is 10.8 Å². The Morgan fingerprint density at radius 3 is 2.67 bits per heavy atom. The molecule has 0 saturated heterocycles. The van der Waals surface area contributed by atoms with Crippen molar-refractivity contribution in [1.82, 2.24) is 4.90 Å². The molecule has 1 unspecified atom stereocenters. The van der Waals surface area contributed by atoms with Gasteiger partial charge in [-0.25, -0.2) is 0 Å². The highest BCUT2D eigenvalue weighted by Crippen LogP contribution is 2.22. The number of anilines is 1. The first-order valence-electron chi connectivity index (χ1n) is 5.55. The minimum atomic E-state index is -1.14. The number of benzene rings is 1. The van der Waals surface area contributed by atoms with Gasteiger partial charge in [-0.2, -0.15) is 0 Å². The zero-order valence-corrected chi connectivity index (χ0v) is 12.1. The molecule has 1 atom stereocenters. The van der Waals surface area contributed by atoms with E-state index in [9.17, 15) is 9.00 Å². The first-order chi connectivity index (χ1) is 8.41. The number of hydrogen-bond acceptors (Lipinski definition) is 3. The van der Waals surface area contributed by atoms with E-state index >= 15 is 0 Å². The van der Waals surface area contributed by atoms with E-state index in [1.54, 1.807) is 32.3 Å². The van der Waals surface area contributed by atoms with Gasteiger partial charge in [0.15, 0.2) is 0 Å². The molecule has 6 heteroatoms. The summed E-state index contributed by atoms with van der Waals surface area (Å²) in [5, 5.41) is 0.408. The van der Waals surface area contributed by atoms with Crippen molar-refractivity contribution in [2.45, 2.75) is 17.7 Å². The second kappa shape index (κ2) is 6.75. The maximum atomic E-state index is 11.9. The number of rotatable bonds is 5. The highest BCUT2D eigenvalue weighted by atomic mass is 35.5. The number of carbonyl (C=O) groups is 1. The molecule has 0 heterocycles. The van der Waals surface area contributed by atoms with E-state index in [0.29, 0.717) is 34.2 Å². The third-order valence-electron chi connectivity index (χ3n) is 2.45. The van der Waals surface area contributed by atoms with Gasteiger partial charge >= 0.3 is 0 Å². The Morgan fingerprint density at radius 1 is 1.44 bits per heavy atom. The second-order valence-corrected chi connectivity index (χ2v) is 6.10. The molecule has 18 heavy (non-hydrogen) atoms. The topological polar surface area (TPSA) is 63.4 Å². The van der Waals surface area contributed by atoms with Crippen molar-refractivity contribution in [1.29, 1.82) is 0 Å². The van der Waals surface area contributed by atoms with Crippen molar-refractivity contribution in [3.8, 4) is 0 Å². The second-order valence-electron chi connectivity index (χ2n) is 4.12. The van der Waals surface area contributed by atoms with Gasteiger partial charge in [-0.1, -0.05) is 11.6 Å². The summed E-state index contributed by atoms with van der Waals surface area (Å²) in [5.41, 5.74) is 6.05. The Kier molecular flexibility index (Phi) is 5.62. The van der Waals surface area contributed by atoms with Gasteiger partial charge in [-0.3, -0.25) is 9.00 Å². The number of nitrogens with two attached hydrogens (primary N) is 1. The first-order valence-corrected chi connectivity index (χ1v) is 7.25. The summed E-state index contributed by atoms with van der Waals surface area (Å²) in [4.78, 5) is 13.5. The minimum Gasteiger partial charge on any atom is -0.398 e. The lowest BCUT2D eigenvalue weighted by Gasteiger charge is -2.09. The lowest BCUT2D eigenvalue weighted by Crippen LogP contribution is -2.21. The maximum Gasteiger partial charge on any atom is 0.222 e. The predicted molar refractivity (Wildman–Crippen MR) is 75.1 cm³/mol. The Labute approximate surface area is 115 Å². The van der Waals surface area contributed by atoms with Gasteiger partial charge < -0.3 is 10.6 Å². The Bertz CT molecular complexity index is 463. The fourth-order valence-electron chi connectivity index (χ4n) is 1.35. The van der Waals surface area contributed by atoms with Gasteiger partial charge in [0, 0.05) is 31.2 Å². The number of nitrogen functional groups attached to an aromatic ring is 1. The van der Waals surface area contributed by atoms with Crippen LogP contribution >= 0.6 is 11.6 Å². The summed E-state index contributed by atoms with van der Waals surface area (Å²) in [6.07, 6.45) is 0.993. The van der Waals surface area contributed by atoms with Crippen molar-refractivity contribution in [2.24, 2.45) is 0 Å². The maximum absolute atomic E-state index is 11.9. The van der Waals surface area contributed by atoms with Gasteiger partial charge in [0.05, 0.1) is 21.5 Å². The average molecular weight is 289 g/mol. The molecule has 100 valence electrons. The molecule has 0 aromatic heterocycles. The third-order valence-corrected chi connectivity index (χ3v) is 4.22. The zero-order valence-electron chi connectivity index (χ0n) is 10.5. The average Bonchev–Trinajstić information content (AvgIpc) is 2.32. The molecule has 0 aliphatic rings. The fourth-order valence-corrected chi connectivity index (χ4v) is 2.70. The van der Waals surface area contributed by atoms with Crippen LogP contribution in [0.3, 0.4) is 0 Å². The van der Waals surface area contributed by atoms with E-state index in [0.717, 1.165) is 0 Å². The number of carbonyl (C=O) groups excluding carboxylic acids is 1. The molecule has 0 saturated carbocycles. The van der Waals surface area contributed by atoms with Crippen LogP contribution in [0.2, 0.25) is 5.02 Å². The van der Waals surface area contributed by atoms with Crippen LogP contribution in [0.25, 0.3) is 0 Å². The number of amides is 1. The monoisotopic (exact) mass is 288 g/mol. The normalized spacial score (nSPS) is 12.2. The van der Waals surface area contributed by atoms with E-state index in [4.69, 9.17) is 17.3 Å². The number of halogens is 1. The largest absolute Gasteiger partial charge is 0.398 e. The summed E-state index contributed by atoms with van der Waals surface area (Å²) < 4.78 is 11.9. The molecule has 0 aliphatic carbocycles. The minimum absolute atomic E-state index is 0.0438. The highest BCUT2D eigenvalue weighted by molar-refractivity contribution is 7.85. The zero-order chi connectivity index (χ0) is 13.7. The van der Waals surface area contributed by atoms with E-state index in [1.165, 1.54) is 4.90 Å². The van der Waals surface area contributed by atoms with Gasteiger partial charge in [-0.05, 0) is 24.6 Å². The SMILES string of the molecule is CN(C)C(=O)CCCS(=O)c1ccc(N)c(Cl)c1. The van der Waals surface area contributed by atoms with E-state index in [-0.39, 0.29) is 5.91 Å². The molecular weight excluding hydrogens is 272 g/mol. The summed E-state index contributed by atoms with van der Waals surface area (Å²) >= 11 is 5.86. The molecule has 0 bridgehead atoms. The van der Waals surface area contributed by atoms with Crippen LogP contribution < -0.4 is 5.73 Å². The smallest absolute Gasteiger partial charge is 0.222 e. The lowest BCUT2D eigenvalue weighted by atomic mass is 10.3. The molecule has 1 aromatic carbocycles. The molecule has 0 fully saturated rings. The standard InChI is InChI=1S/C12H17ClN2O2S/c1-15(2)12(16)4-3-7-18(17)9-5-6-11(14)10(13)8-9/h5-6,8H,3-4,7,14H2,1-2H3. The van der Waals surface area contributed by atoms with Gasteiger partial charge in [0.1, 0.15) is 0 Å². The molecule has 1 amide bonds. The number of hydrogen-bond donors (Lipinski definition) is 1. The Morgan fingerprint density at radius 2 is 2.11 bits per heavy atom. The lowest BCUT2D eigenvalue weighted by molar-refractivity contribution is -0.128. The summed E-state index contributed by atoms with van der Waals surface area (Å²) in [7, 11) is 2.27. The van der Waals surface area contributed by atoms with Crippen LogP contribution in [-0.2, 0) is 15.6 Å². The molecule has 0 spiro atoms. The van der Waals surface area contributed by atoms with Crippen LogP contribution in [0.15, 0.2) is 23.1 Å². The van der Waals surface area contributed by atoms with Crippen LogP contribution in [0, 0.1) is 0 Å². The summed E-state index contributed by atoms with van der Waals surface area (Å²) in [6.45, 7) is 0. The molecular formula is C12H17ClN2O2S. The van der Waals surface area contributed by atoms with Crippen molar-refractivity contribution in [3.63, 3.8) is 0 Å². The highest BCUT2D eigenvalue weighted by Gasteiger charge is 2.08. The van der Waals surface area contributed by atoms with Gasteiger partial charge in [-0.15, -0.1) is 0 Å². The molecule has 1 rings (SSSR count). The van der Waals surface area contributed by atoms with Crippen molar-refractivity contribution in [3.05, 3.63) is 23.2 Å². The Hall–Kier alpha value is -1.07. The molecule has 0 aliphatic heterocycles. The van der Waals surface area contributed by atoms with Crippen molar-refractivity contribution in [2.75, 3.05) is 25.6 Å². The van der Waals surface area contributed by atoms with Gasteiger partial charge in [0.2, 0.25) is 5.91 Å². The summed E-state index contributed by atoms with van der Waals surface area (Å²) in [5.74, 6) is 0.488. The first kappa shape index (κ1) is 15.0. The molecule has 4 nitrogen and oxygen atoms in total. The van der Waals surface area contributed by atoms with Crippen LogP contribution in [0.4, 0.5) is 5.69 Å². The molecule has 0 radical (unpaired) electrons. The quantitative estimate of drug-likeness (QED) is 0.842. The van der Waals surface area contributed by atoms with Crippen LogP contribution in [0.1, 0.15) is 12.8 Å².